The summed E-state index contributed by atoms with van der Waals surface area (Å²) in [7, 11) is 3.21. The first-order valence-electron chi connectivity index (χ1n) is 12.8. The van der Waals surface area contributed by atoms with Gasteiger partial charge in [0, 0.05) is 61.8 Å². The maximum absolute atomic E-state index is 13.5. The molecule has 1 aliphatic carbocycles. The second kappa shape index (κ2) is 9.83. The van der Waals surface area contributed by atoms with Crippen LogP contribution in [0.5, 0.6) is 11.5 Å². The van der Waals surface area contributed by atoms with Crippen LogP contribution in [0.4, 0.5) is 8.78 Å². The Bertz CT molecular complexity index is 1690. The van der Waals surface area contributed by atoms with E-state index < -0.39 is 11.8 Å². The molecule has 0 radical (unpaired) electrons. The van der Waals surface area contributed by atoms with Gasteiger partial charge >= 0.3 is 0 Å². The molecular weight excluding hydrogens is 506 g/mol. The number of para-hydroxylation sites is 1. The minimum Gasteiger partial charge on any atom is -0.455 e. The quantitative estimate of drug-likeness (QED) is 0.377. The van der Waals surface area contributed by atoms with Gasteiger partial charge in [-0.3, -0.25) is 14.4 Å². The Morgan fingerprint density at radius 1 is 1.03 bits per heavy atom. The molecule has 1 amide bonds. The predicted octanol–water partition coefficient (Wildman–Crippen LogP) is 4.95. The van der Waals surface area contributed by atoms with Crippen molar-refractivity contribution >= 4 is 16.8 Å². The number of pyridine rings is 2. The van der Waals surface area contributed by atoms with E-state index in [1.165, 1.54) is 15.2 Å². The molecule has 4 aromatic rings. The molecule has 0 atom stereocenters. The molecule has 1 aromatic carbocycles. The van der Waals surface area contributed by atoms with Crippen LogP contribution < -0.4 is 21.2 Å². The molecule has 3 heterocycles. The number of H-pyrrole nitrogens is 1. The highest BCUT2D eigenvalue weighted by atomic mass is 19.3. The number of halogens is 2. The highest BCUT2D eigenvalue weighted by molar-refractivity contribution is 6.03. The number of nitrogens with one attached hydrogen (secondary N) is 2. The number of hydrogen-bond donors (Lipinski definition) is 2. The lowest BCUT2D eigenvalue weighted by atomic mass is 9.92. The van der Waals surface area contributed by atoms with Crippen molar-refractivity contribution in [1.82, 2.24) is 19.4 Å². The van der Waals surface area contributed by atoms with Crippen molar-refractivity contribution in [3.8, 4) is 22.6 Å². The molecule has 1 saturated carbocycles. The normalized spacial score (nSPS) is 15.4. The van der Waals surface area contributed by atoms with Crippen molar-refractivity contribution < 1.29 is 18.3 Å². The van der Waals surface area contributed by atoms with Crippen LogP contribution in [0.25, 0.3) is 22.0 Å². The third-order valence-electron chi connectivity index (χ3n) is 7.36. The second-order valence-corrected chi connectivity index (χ2v) is 10.4. The molecule has 1 aliphatic rings. The Balaban J connectivity index is 1.59. The molecule has 10 heteroatoms. The van der Waals surface area contributed by atoms with Crippen LogP contribution in [0.15, 0.2) is 52.3 Å². The molecule has 0 spiro atoms. The molecule has 0 bridgehead atoms. The number of amides is 1. The summed E-state index contributed by atoms with van der Waals surface area (Å²) >= 11 is 0. The van der Waals surface area contributed by atoms with Crippen LogP contribution in [0.1, 0.15) is 47.3 Å². The monoisotopic (exact) mass is 536 g/mol. The van der Waals surface area contributed by atoms with E-state index >= 15 is 0 Å². The zero-order valence-electron chi connectivity index (χ0n) is 22.2. The number of fused-ring (bicyclic) bond motifs is 1. The van der Waals surface area contributed by atoms with Crippen molar-refractivity contribution in [2.24, 2.45) is 14.1 Å². The molecule has 8 nitrogen and oxygen atoms in total. The van der Waals surface area contributed by atoms with Crippen molar-refractivity contribution in [3.63, 3.8) is 0 Å². The fraction of sp³-hybridized carbons (Fsp3) is 0.345. The fourth-order valence-corrected chi connectivity index (χ4v) is 5.09. The van der Waals surface area contributed by atoms with Crippen molar-refractivity contribution in [2.45, 2.75) is 51.5 Å². The lowest BCUT2D eigenvalue weighted by Crippen LogP contribution is -2.40. The van der Waals surface area contributed by atoms with Gasteiger partial charge in [0.15, 0.2) is 5.75 Å². The maximum atomic E-state index is 13.5. The Morgan fingerprint density at radius 3 is 2.36 bits per heavy atom. The smallest absolute Gasteiger partial charge is 0.274 e. The standard InChI is InChI=1S/C29H30F2N4O4/c1-16-6-5-7-17(2)26(16)39-23-15-34(3)24(36)13-19(23)21-14-35(4)28(38)25-20(21)12-22(33-25)27(37)32-18-8-10-29(30,31)11-9-18/h5-7,12-15,18,33H,8-11H2,1-4H3,(H,32,37). The van der Waals surface area contributed by atoms with Gasteiger partial charge in [0.25, 0.3) is 17.0 Å². The van der Waals surface area contributed by atoms with Crippen LogP contribution in [0, 0.1) is 13.8 Å². The van der Waals surface area contributed by atoms with Gasteiger partial charge in [-0.15, -0.1) is 0 Å². The molecule has 0 unspecified atom stereocenters. The molecule has 0 saturated heterocycles. The highest BCUT2D eigenvalue weighted by Gasteiger charge is 2.35. The Kier molecular flexibility index (Phi) is 6.65. The Labute approximate surface area is 223 Å². The van der Waals surface area contributed by atoms with Gasteiger partial charge in [-0.2, -0.15) is 0 Å². The number of nitrogens with zero attached hydrogens (tertiary/aromatic N) is 2. The molecule has 5 rings (SSSR count). The van der Waals surface area contributed by atoms with Gasteiger partial charge in [0.05, 0.1) is 6.20 Å². The zero-order chi connectivity index (χ0) is 28.1. The molecule has 204 valence electrons. The third-order valence-corrected chi connectivity index (χ3v) is 7.36. The number of ether oxygens (including phenoxy) is 1. The molecule has 0 aliphatic heterocycles. The topological polar surface area (TPSA) is 98.1 Å². The SMILES string of the molecule is Cc1cccc(C)c1Oc1cn(C)c(=O)cc1-c1cn(C)c(=O)c2[nH]c(C(=O)NC3CCC(F)(F)CC3)cc12. The number of aromatic nitrogens is 3. The highest BCUT2D eigenvalue weighted by Crippen LogP contribution is 2.38. The number of alkyl halides is 2. The summed E-state index contributed by atoms with van der Waals surface area (Å²) in [5, 5.41) is 3.25. The van der Waals surface area contributed by atoms with Gasteiger partial charge in [0.2, 0.25) is 5.92 Å². The van der Waals surface area contributed by atoms with Crippen LogP contribution in [0.2, 0.25) is 0 Å². The summed E-state index contributed by atoms with van der Waals surface area (Å²) < 4.78 is 36.2. The molecular formula is C29H30F2N4O4. The largest absolute Gasteiger partial charge is 0.455 e. The van der Waals surface area contributed by atoms with Gasteiger partial charge in [-0.1, -0.05) is 18.2 Å². The van der Waals surface area contributed by atoms with Gasteiger partial charge in [0.1, 0.15) is 17.0 Å². The summed E-state index contributed by atoms with van der Waals surface area (Å²) in [5.74, 6) is -2.12. The number of hydrogen-bond acceptors (Lipinski definition) is 4. The van der Waals surface area contributed by atoms with E-state index in [4.69, 9.17) is 4.74 Å². The first-order chi connectivity index (χ1) is 18.4. The number of aryl methyl sites for hydroxylation is 4. The van der Waals surface area contributed by atoms with E-state index in [-0.39, 0.29) is 54.1 Å². The Hall–Kier alpha value is -4.21. The minimum absolute atomic E-state index is 0.132. The molecule has 39 heavy (non-hydrogen) atoms. The van der Waals surface area contributed by atoms with E-state index in [1.54, 1.807) is 32.6 Å². The predicted molar refractivity (Wildman–Crippen MR) is 145 cm³/mol. The van der Waals surface area contributed by atoms with E-state index in [2.05, 4.69) is 10.3 Å². The van der Waals surface area contributed by atoms with Crippen LogP contribution in [0.3, 0.4) is 0 Å². The summed E-state index contributed by atoms with van der Waals surface area (Å²) in [6, 6.07) is 8.41. The van der Waals surface area contributed by atoms with Crippen LogP contribution in [-0.2, 0) is 14.1 Å². The first-order valence-corrected chi connectivity index (χ1v) is 12.8. The van der Waals surface area contributed by atoms with Crippen molar-refractivity contribution in [2.75, 3.05) is 0 Å². The summed E-state index contributed by atoms with van der Waals surface area (Å²) in [4.78, 5) is 41.7. The first kappa shape index (κ1) is 26.4. The van der Waals surface area contributed by atoms with Gasteiger partial charge < -0.3 is 24.2 Å². The average Bonchev–Trinajstić information content (AvgIpc) is 3.33. The Morgan fingerprint density at radius 2 is 1.69 bits per heavy atom. The number of aromatic amines is 1. The summed E-state index contributed by atoms with van der Waals surface area (Å²) in [6.45, 7) is 3.86. The average molecular weight is 537 g/mol. The molecule has 3 aromatic heterocycles. The summed E-state index contributed by atoms with van der Waals surface area (Å²) in [6.07, 6.45) is 3.01. The lowest BCUT2D eigenvalue weighted by Gasteiger charge is -2.28. The van der Waals surface area contributed by atoms with Crippen molar-refractivity contribution in [3.05, 3.63) is 80.3 Å². The maximum Gasteiger partial charge on any atom is 0.274 e. The van der Waals surface area contributed by atoms with Gasteiger partial charge in [-0.05, 0) is 43.9 Å². The van der Waals surface area contributed by atoms with E-state index in [0.29, 0.717) is 28.0 Å². The number of benzene rings is 1. The van der Waals surface area contributed by atoms with Crippen LogP contribution in [-0.4, -0.2) is 32.0 Å². The molecule has 1 fully saturated rings. The van der Waals surface area contributed by atoms with Crippen molar-refractivity contribution in [1.29, 1.82) is 0 Å². The van der Waals surface area contributed by atoms with E-state index in [9.17, 15) is 23.2 Å². The van der Waals surface area contributed by atoms with Gasteiger partial charge in [-0.25, -0.2) is 8.78 Å². The van der Waals surface area contributed by atoms with Crippen LogP contribution >= 0.6 is 0 Å². The number of rotatable bonds is 5. The van der Waals surface area contributed by atoms with E-state index in [1.807, 2.05) is 32.0 Å². The molecule has 2 N–H and O–H groups in total. The second-order valence-electron chi connectivity index (χ2n) is 10.4. The summed E-state index contributed by atoms with van der Waals surface area (Å²) in [5.41, 5.74) is 2.51. The number of carbonyl (C=O) groups excluding carboxylic acids is 1. The third kappa shape index (κ3) is 5.10. The zero-order valence-corrected chi connectivity index (χ0v) is 22.2. The lowest BCUT2D eigenvalue weighted by molar-refractivity contribution is -0.0399. The number of carbonyl (C=O) groups is 1. The minimum atomic E-state index is -2.70. The van der Waals surface area contributed by atoms with E-state index in [0.717, 1.165) is 11.1 Å². The fourth-order valence-electron chi connectivity index (χ4n) is 5.09.